The van der Waals surface area contributed by atoms with Crippen LogP contribution in [-0.4, -0.2) is 94.1 Å². The van der Waals surface area contributed by atoms with Crippen LogP contribution < -0.4 is 10.6 Å². The first-order valence-corrected chi connectivity index (χ1v) is 10.1. The van der Waals surface area contributed by atoms with Gasteiger partial charge in [-0.2, -0.15) is 13.2 Å². The van der Waals surface area contributed by atoms with Crippen LogP contribution in [0.5, 0.6) is 0 Å². The minimum Gasteiger partial charge on any atom is -0.388 e. The van der Waals surface area contributed by atoms with Crippen LogP contribution in [0.25, 0.3) is 0 Å². The Morgan fingerprint density at radius 3 is 2.55 bits per heavy atom. The molecule has 33 heavy (non-hydrogen) atoms. The highest BCUT2D eigenvalue weighted by Gasteiger charge is 2.39. The Bertz CT molecular complexity index is 850. The maximum Gasteiger partial charge on any atom is 0.434 e. The average molecular weight is 474 g/mol. The number of alkyl halides is 3. The molecule has 3 rings (SSSR count). The molecule has 0 amide bonds. The molecular formula is C19H25F3N6O5. The van der Waals surface area contributed by atoms with Gasteiger partial charge in [-0.1, -0.05) is 0 Å². The number of aliphatic hydroxyl groups excluding tert-OH is 2. The fourth-order valence-corrected chi connectivity index (χ4v) is 2.98. The predicted octanol–water partition coefficient (Wildman–Crippen LogP) is 0.332. The fourth-order valence-electron chi connectivity index (χ4n) is 2.98. The van der Waals surface area contributed by atoms with Gasteiger partial charge in [0, 0.05) is 18.9 Å². The second-order valence-corrected chi connectivity index (χ2v) is 7.10. The third kappa shape index (κ3) is 7.71. The molecule has 0 spiro atoms. The van der Waals surface area contributed by atoms with Gasteiger partial charge in [0.1, 0.15) is 29.9 Å². The Labute approximate surface area is 187 Å². The van der Waals surface area contributed by atoms with Gasteiger partial charge in [0.05, 0.1) is 57.7 Å². The van der Waals surface area contributed by atoms with Crippen molar-refractivity contribution >= 4 is 11.6 Å². The van der Waals surface area contributed by atoms with Crippen molar-refractivity contribution in [3.8, 4) is 0 Å². The lowest BCUT2D eigenvalue weighted by Crippen LogP contribution is -2.57. The van der Waals surface area contributed by atoms with Gasteiger partial charge in [-0.3, -0.25) is 9.97 Å². The number of anilines is 2. The molecule has 11 nitrogen and oxygen atoms in total. The van der Waals surface area contributed by atoms with Gasteiger partial charge in [0.2, 0.25) is 0 Å². The van der Waals surface area contributed by atoms with E-state index in [0.717, 1.165) is 6.20 Å². The predicted molar refractivity (Wildman–Crippen MR) is 108 cm³/mol. The number of nitrogens with zero attached hydrogens (tertiary/aromatic N) is 4. The molecule has 3 heterocycles. The van der Waals surface area contributed by atoms with Crippen LogP contribution in [0.2, 0.25) is 0 Å². The molecule has 2 aromatic heterocycles. The van der Waals surface area contributed by atoms with Crippen molar-refractivity contribution in [1.82, 2.24) is 19.9 Å². The highest BCUT2D eigenvalue weighted by molar-refractivity contribution is 5.34. The van der Waals surface area contributed by atoms with Crippen LogP contribution in [0, 0.1) is 0 Å². The summed E-state index contributed by atoms with van der Waals surface area (Å²) in [6.07, 6.45) is -1.64. The quantitative estimate of drug-likeness (QED) is 0.335. The van der Waals surface area contributed by atoms with Crippen molar-refractivity contribution in [2.24, 2.45) is 0 Å². The number of ether oxygens (including phenoxy) is 3. The van der Waals surface area contributed by atoms with Crippen molar-refractivity contribution in [2.75, 3.05) is 50.2 Å². The van der Waals surface area contributed by atoms with Crippen LogP contribution >= 0.6 is 0 Å². The maximum absolute atomic E-state index is 12.8. The summed E-state index contributed by atoms with van der Waals surface area (Å²) in [7, 11) is 0. The molecule has 4 N–H and O–H groups in total. The molecule has 0 aliphatic carbocycles. The summed E-state index contributed by atoms with van der Waals surface area (Å²) in [4.78, 5) is 14.9. The maximum atomic E-state index is 12.8. The third-order valence-electron chi connectivity index (χ3n) is 4.66. The summed E-state index contributed by atoms with van der Waals surface area (Å²) in [5.74, 6) is 0.456. The van der Waals surface area contributed by atoms with Gasteiger partial charge in [-0.25, -0.2) is 9.97 Å². The standard InChI is InChI=1S/C19H25F3N6O5/c20-19(21,22)14-7-24-9-16(28-14)27-12-10-33-13(18(30)17(12)29)11-32-6-5-31-4-3-26-15-8-23-1-2-25-15/h1-2,7-9,12-13,17-18,29-30H,3-6,10-11H2,(H,25,26)(H,27,28)/t12-,13+,17+,18-/m0/s1. The van der Waals surface area contributed by atoms with E-state index in [1.807, 2.05) is 0 Å². The number of aliphatic hydroxyl groups is 2. The molecule has 1 saturated heterocycles. The summed E-state index contributed by atoms with van der Waals surface area (Å²) < 4.78 is 54.7. The first-order chi connectivity index (χ1) is 15.8. The number of hydrogen-bond donors (Lipinski definition) is 4. The van der Waals surface area contributed by atoms with E-state index < -0.39 is 36.2 Å². The van der Waals surface area contributed by atoms with Gasteiger partial charge < -0.3 is 35.1 Å². The summed E-state index contributed by atoms with van der Waals surface area (Å²) in [6, 6.07) is -0.876. The molecule has 4 atom stereocenters. The normalized spacial score (nSPS) is 23.3. The molecular weight excluding hydrogens is 449 g/mol. The SMILES string of the molecule is O[C@@H]1[C@H](O)[C@@H](Nc2cncc(C(F)(F)F)n2)CO[C@@H]1COCCOCCNc1cnccn1. The van der Waals surface area contributed by atoms with Crippen LogP contribution in [0.15, 0.2) is 31.0 Å². The van der Waals surface area contributed by atoms with Crippen LogP contribution in [0.1, 0.15) is 5.69 Å². The molecule has 182 valence electrons. The lowest BCUT2D eigenvalue weighted by molar-refractivity contribution is -0.161. The highest BCUT2D eigenvalue weighted by atomic mass is 19.4. The Morgan fingerprint density at radius 2 is 1.79 bits per heavy atom. The number of halogens is 3. The Kier molecular flexibility index (Phi) is 9.08. The van der Waals surface area contributed by atoms with Gasteiger partial charge in [0.15, 0.2) is 5.69 Å². The van der Waals surface area contributed by atoms with E-state index in [2.05, 4.69) is 30.6 Å². The molecule has 1 aliphatic heterocycles. The summed E-state index contributed by atoms with van der Waals surface area (Å²) in [5.41, 5.74) is -1.17. The minimum absolute atomic E-state index is 0.00945. The second kappa shape index (κ2) is 12.0. The van der Waals surface area contributed by atoms with Crippen LogP contribution in [0.3, 0.4) is 0 Å². The zero-order valence-electron chi connectivity index (χ0n) is 17.5. The zero-order valence-corrected chi connectivity index (χ0v) is 17.5. The highest BCUT2D eigenvalue weighted by Crippen LogP contribution is 2.28. The Morgan fingerprint density at radius 1 is 1.00 bits per heavy atom. The van der Waals surface area contributed by atoms with Crippen molar-refractivity contribution in [3.63, 3.8) is 0 Å². The fraction of sp³-hybridized carbons (Fsp3) is 0.579. The van der Waals surface area contributed by atoms with Crippen molar-refractivity contribution in [1.29, 1.82) is 0 Å². The van der Waals surface area contributed by atoms with Crippen LogP contribution in [0.4, 0.5) is 24.8 Å². The number of rotatable bonds is 11. The average Bonchev–Trinajstić information content (AvgIpc) is 2.80. The summed E-state index contributed by atoms with van der Waals surface area (Å²) in [5, 5.41) is 26.3. The summed E-state index contributed by atoms with van der Waals surface area (Å²) in [6.45, 7) is 1.46. The van der Waals surface area contributed by atoms with Gasteiger partial charge in [0.25, 0.3) is 0 Å². The first-order valence-electron chi connectivity index (χ1n) is 10.1. The molecule has 14 heteroatoms. The van der Waals surface area contributed by atoms with Crippen molar-refractivity contribution in [2.45, 2.75) is 30.5 Å². The third-order valence-corrected chi connectivity index (χ3v) is 4.66. The zero-order chi connectivity index (χ0) is 23.7. The lowest BCUT2D eigenvalue weighted by Gasteiger charge is -2.38. The monoisotopic (exact) mass is 474 g/mol. The van der Waals surface area contributed by atoms with Gasteiger partial charge in [-0.15, -0.1) is 0 Å². The number of hydrogen-bond acceptors (Lipinski definition) is 11. The Balaban J connectivity index is 1.32. The number of aromatic nitrogens is 4. The molecule has 0 saturated carbocycles. The first kappa shape index (κ1) is 25.0. The molecule has 2 aromatic rings. The second-order valence-electron chi connectivity index (χ2n) is 7.10. The van der Waals surface area contributed by atoms with E-state index in [9.17, 15) is 23.4 Å². The largest absolute Gasteiger partial charge is 0.434 e. The van der Waals surface area contributed by atoms with E-state index in [1.165, 1.54) is 0 Å². The summed E-state index contributed by atoms with van der Waals surface area (Å²) >= 11 is 0. The molecule has 0 aromatic carbocycles. The molecule has 0 unspecified atom stereocenters. The van der Waals surface area contributed by atoms with E-state index in [-0.39, 0.29) is 25.6 Å². The smallest absolute Gasteiger partial charge is 0.388 e. The van der Waals surface area contributed by atoms with Gasteiger partial charge >= 0.3 is 6.18 Å². The van der Waals surface area contributed by atoms with Crippen LogP contribution in [-0.2, 0) is 20.4 Å². The topological polar surface area (TPSA) is 144 Å². The minimum atomic E-state index is -4.65. The molecule has 0 bridgehead atoms. The molecule has 0 radical (unpaired) electrons. The van der Waals surface area contributed by atoms with E-state index in [1.54, 1.807) is 18.6 Å². The number of nitrogens with one attached hydrogen (secondary N) is 2. The van der Waals surface area contributed by atoms with Crippen molar-refractivity contribution < 1.29 is 37.6 Å². The van der Waals surface area contributed by atoms with E-state index in [0.29, 0.717) is 31.8 Å². The van der Waals surface area contributed by atoms with E-state index >= 15 is 0 Å². The molecule has 1 fully saturated rings. The van der Waals surface area contributed by atoms with Crippen molar-refractivity contribution in [3.05, 3.63) is 36.7 Å². The molecule has 1 aliphatic rings. The van der Waals surface area contributed by atoms with E-state index in [4.69, 9.17) is 14.2 Å². The lowest BCUT2D eigenvalue weighted by atomic mass is 9.98. The van der Waals surface area contributed by atoms with Gasteiger partial charge in [-0.05, 0) is 0 Å². The Hall–Kier alpha value is -2.65.